The summed E-state index contributed by atoms with van der Waals surface area (Å²) in [6.45, 7) is 9.59. The number of ether oxygens (including phenoxy) is 1. The lowest BCUT2D eigenvalue weighted by Crippen LogP contribution is -2.55. The Morgan fingerprint density at radius 3 is 2.73 bits per heavy atom. The summed E-state index contributed by atoms with van der Waals surface area (Å²) in [5.74, 6) is -1.55. The minimum Gasteiger partial charge on any atom is -0.466 e. The van der Waals surface area contributed by atoms with Crippen molar-refractivity contribution in [3.05, 3.63) is 12.7 Å². The molecule has 0 saturated carbocycles. The van der Waals surface area contributed by atoms with E-state index >= 15 is 0 Å². The number of nitrogens with zero attached hydrogens (tertiary/aromatic N) is 2. The zero-order valence-electron chi connectivity index (χ0n) is 19.7. The first-order chi connectivity index (χ1) is 15.9. The molecule has 7 nitrogen and oxygen atoms in total. The third-order valence-electron chi connectivity index (χ3n) is 7.08. The van der Waals surface area contributed by atoms with Gasteiger partial charge in [0.1, 0.15) is 6.04 Å². The minimum absolute atomic E-state index is 0.0429. The van der Waals surface area contributed by atoms with Crippen molar-refractivity contribution in [1.82, 2.24) is 9.80 Å². The van der Waals surface area contributed by atoms with Crippen LogP contribution in [-0.2, 0) is 19.1 Å². The lowest BCUT2D eigenvalue weighted by Gasteiger charge is -2.37. The fraction of sp³-hybridized carbons (Fsp3) is 0.792. The van der Waals surface area contributed by atoms with Crippen LogP contribution in [-0.4, -0.2) is 86.4 Å². The number of amides is 2. The number of unbranched alkanes of at least 4 members (excludes halogenated alkanes) is 3. The quantitative estimate of drug-likeness (QED) is 0.166. The Hall–Kier alpha value is -1.06. The molecule has 3 fully saturated rings. The summed E-state index contributed by atoms with van der Waals surface area (Å²) in [5, 5.41) is 9.07. The molecule has 33 heavy (non-hydrogen) atoms. The second-order valence-corrected chi connectivity index (χ2v) is 11.9. The molecule has 3 heterocycles. The normalized spacial score (nSPS) is 32.2. The van der Waals surface area contributed by atoms with E-state index in [-0.39, 0.29) is 41.1 Å². The molecule has 0 aromatic carbocycles. The molecule has 3 unspecified atom stereocenters. The second kappa shape index (κ2) is 11.6. The van der Waals surface area contributed by atoms with Gasteiger partial charge in [0, 0.05) is 36.3 Å². The van der Waals surface area contributed by atoms with Crippen molar-refractivity contribution >= 4 is 45.5 Å². The summed E-state index contributed by atoms with van der Waals surface area (Å²) < 4.78 is 4.75. The van der Waals surface area contributed by atoms with Crippen molar-refractivity contribution in [3.63, 3.8) is 0 Å². The van der Waals surface area contributed by atoms with Crippen LogP contribution in [0, 0.1) is 11.8 Å². The van der Waals surface area contributed by atoms with Crippen molar-refractivity contribution in [1.29, 1.82) is 0 Å². The number of aliphatic hydroxyl groups excluding tert-OH is 1. The van der Waals surface area contributed by atoms with Crippen molar-refractivity contribution in [2.45, 2.75) is 73.2 Å². The molecule has 3 aliphatic heterocycles. The molecule has 1 N–H and O–H groups in total. The number of halogens is 1. The number of likely N-dealkylation sites (tertiary alicyclic amines) is 1. The van der Waals surface area contributed by atoms with Crippen LogP contribution in [0.5, 0.6) is 0 Å². The number of aliphatic hydroxyl groups is 1. The largest absolute Gasteiger partial charge is 0.466 e. The Kier molecular flexibility index (Phi) is 9.31. The standard InChI is InChI=1S/C24H37BrN2O5S/c1-4-7-12-26(11-5-2)22(30)20-24-15-16(25)19(33-24)17(23(31)32-6-3)18(24)21(29)27(20)13-9-8-10-14-28/h5,16-20,28H,2,4,6-15H2,1,3H3/t16?,17-,18-,19-,20?,24?/m0/s1. The van der Waals surface area contributed by atoms with E-state index in [1.807, 2.05) is 4.90 Å². The summed E-state index contributed by atoms with van der Waals surface area (Å²) in [5.41, 5.74) is 0. The van der Waals surface area contributed by atoms with E-state index in [2.05, 4.69) is 29.4 Å². The van der Waals surface area contributed by atoms with Crippen LogP contribution < -0.4 is 0 Å². The number of hydrogen-bond acceptors (Lipinski definition) is 6. The zero-order valence-corrected chi connectivity index (χ0v) is 22.1. The van der Waals surface area contributed by atoms with Gasteiger partial charge in [0.2, 0.25) is 11.8 Å². The molecule has 6 atom stereocenters. The Labute approximate surface area is 209 Å². The molecule has 2 amide bonds. The van der Waals surface area contributed by atoms with Crippen LogP contribution in [0.15, 0.2) is 12.7 Å². The summed E-state index contributed by atoms with van der Waals surface area (Å²) in [6.07, 6.45) is 6.42. The van der Waals surface area contributed by atoms with Gasteiger partial charge in [-0.15, -0.1) is 18.3 Å². The van der Waals surface area contributed by atoms with E-state index < -0.39 is 22.6 Å². The molecule has 2 bridgehead atoms. The molecular weight excluding hydrogens is 508 g/mol. The van der Waals surface area contributed by atoms with Gasteiger partial charge in [-0.1, -0.05) is 35.4 Å². The third-order valence-corrected chi connectivity index (χ3v) is 10.3. The number of rotatable bonds is 13. The molecule has 0 aromatic heterocycles. The Morgan fingerprint density at radius 2 is 2.09 bits per heavy atom. The Morgan fingerprint density at radius 1 is 1.33 bits per heavy atom. The van der Waals surface area contributed by atoms with Crippen LogP contribution in [0.2, 0.25) is 0 Å². The van der Waals surface area contributed by atoms with E-state index in [1.54, 1.807) is 29.7 Å². The summed E-state index contributed by atoms with van der Waals surface area (Å²) in [6, 6.07) is -0.601. The number of hydrogen-bond donors (Lipinski definition) is 1. The highest BCUT2D eigenvalue weighted by Crippen LogP contribution is 2.68. The zero-order chi connectivity index (χ0) is 24.2. The number of thioether (sulfide) groups is 1. The second-order valence-electron chi connectivity index (χ2n) is 9.16. The van der Waals surface area contributed by atoms with E-state index in [9.17, 15) is 14.4 Å². The average Bonchev–Trinajstić information content (AvgIpc) is 3.37. The Bertz CT molecular complexity index is 752. The topological polar surface area (TPSA) is 87.2 Å². The maximum absolute atomic E-state index is 14.0. The lowest BCUT2D eigenvalue weighted by molar-refractivity contribution is -0.153. The molecule has 0 aromatic rings. The van der Waals surface area contributed by atoms with E-state index in [4.69, 9.17) is 9.84 Å². The molecule has 0 aliphatic carbocycles. The number of carbonyl (C=O) groups excluding carboxylic acids is 3. The molecule has 3 saturated heterocycles. The number of alkyl halides is 1. The van der Waals surface area contributed by atoms with E-state index in [0.717, 1.165) is 19.3 Å². The van der Waals surface area contributed by atoms with Crippen molar-refractivity contribution in [2.75, 3.05) is 32.8 Å². The van der Waals surface area contributed by atoms with Gasteiger partial charge >= 0.3 is 5.97 Å². The summed E-state index contributed by atoms with van der Waals surface area (Å²) in [7, 11) is 0. The van der Waals surface area contributed by atoms with Gasteiger partial charge in [0.25, 0.3) is 0 Å². The Balaban J connectivity index is 1.98. The van der Waals surface area contributed by atoms with Gasteiger partial charge in [-0.3, -0.25) is 14.4 Å². The highest BCUT2D eigenvalue weighted by molar-refractivity contribution is 9.09. The molecule has 1 spiro atoms. The van der Waals surface area contributed by atoms with Crippen LogP contribution in [0.4, 0.5) is 0 Å². The number of esters is 1. The van der Waals surface area contributed by atoms with Crippen LogP contribution >= 0.6 is 27.7 Å². The van der Waals surface area contributed by atoms with Crippen molar-refractivity contribution in [3.8, 4) is 0 Å². The molecular formula is C24H37BrN2O5S. The predicted octanol–water partition coefficient (Wildman–Crippen LogP) is 2.99. The van der Waals surface area contributed by atoms with Crippen molar-refractivity contribution in [2.24, 2.45) is 11.8 Å². The molecule has 186 valence electrons. The minimum atomic E-state index is -0.632. The predicted molar refractivity (Wildman–Crippen MR) is 133 cm³/mol. The monoisotopic (exact) mass is 544 g/mol. The first-order valence-electron chi connectivity index (χ1n) is 12.2. The van der Waals surface area contributed by atoms with Crippen molar-refractivity contribution < 1.29 is 24.2 Å². The van der Waals surface area contributed by atoms with Gasteiger partial charge in [0.15, 0.2) is 0 Å². The number of fused-ring (bicyclic) bond motifs is 1. The van der Waals surface area contributed by atoms with Crippen LogP contribution in [0.25, 0.3) is 0 Å². The van der Waals surface area contributed by atoms with E-state index in [0.29, 0.717) is 38.9 Å². The highest BCUT2D eigenvalue weighted by atomic mass is 79.9. The van der Waals surface area contributed by atoms with Gasteiger partial charge in [0.05, 0.1) is 23.2 Å². The summed E-state index contributed by atoms with van der Waals surface area (Å²) in [4.78, 5) is 44.4. The number of carbonyl (C=O) groups is 3. The lowest BCUT2D eigenvalue weighted by atomic mass is 9.71. The first kappa shape index (κ1) is 26.5. The molecule has 9 heteroatoms. The fourth-order valence-corrected chi connectivity index (χ4v) is 9.29. The van der Waals surface area contributed by atoms with E-state index in [1.165, 1.54) is 0 Å². The van der Waals surface area contributed by atoms with Gasteiger partial charge in [-0.2, -0.15) is 0 Å². The smallest absolute Gasteiger partial charge is 0.310 e. The SMILES string of the molecule is C=CCN(CCCC)C(=O)C1N(CCCCCO)C(=O)[C@@H]2[C@H](C(=O)OCC)[C@H]3SC12CC3Br. The maximum atomic E-state index is 14.0. The maximum Gasteiger partial charge on any atom is 0.310 e. The van der Waals surface area contributed by atoms with Gasteiger partial charge < -0.3 is 19.6 Å². The van der Waals surface area contributed by atoms with Crippen LogP contribution in [0.1, 0.15) is 52.4 Å². The van der Waals surface area contributed by atoms with Gasteiger partial charge in [-0.25, -0.2) is 0 Å². The molecule has 3 aliphatic rings. The highest BCUT2D eigenvalue weighted by Gasteiger charge is 2.76. The average molecular weight is 546 g/mol. The molecule has 0 radical (unpaired) electrons. The molecule has 3 rings (SSSR count). The van der Waals surface area contributed by atoms with Gasteiger partial charge in [-0.05, 0) is 39.0 Å². The summed E-state index contributed by atoms with van der Waals surface area (Å²) >= 11 is 5.40. The fourth-order valence-electron chi connectivity index (χ4n) is 5.70. The third kappa shape index (κ3) is 4.87. The first-order valence-corrected chi connectivity index (χ1v) is 14.0. The van der Waals surface area contributed by atoms with Crippen LogP contribution in [0.3, 0.4) is 0 Å².